The second-order valence-corrected chi connectivity index (χ2v) is 12.4. The van der Waals surface area contributed by atoms with Crippen molar-refractivity contribution >= 4 is 28.7 Å². The Morgan fingerprint density at radius 1 is 1.25 bits per heavy atom. The summed E-state index contributed by atoms with van der Waals surface area (Å²) in [7, 11) is 0. The molecule has 5 rings (SSSR count). The zero-order valence-electron chi connectivity index (χ0n) is 22.4. The van der Waals surface area contributed by atoms with E-state index >= 15 is 0 Å². The van der Waals surface area contributed by atoms with Gasteiger partial charge in [-0.3, -0.25) is 9.69 Å². The Balaban J connectivity index is 1.21. The maximum absolute atomic E-state index is 12.9. The zero-order valence-corrected chi connectivity index (χ0v) is 23.3. The summed E-state index contributed by atoms with van der Waals surface area (Å²) in [5, 5.41) is 14.4. The Labute approximate surface area is 220 Å². The maximum atomic E-state index is 12.9. The summed E-state index contributed by atoms with van der Waals surface area (Å²) in [5.41, 5.74) is 6.60. The molecule has 0 spiro atoms. The number of aromatic nitrogens is 1. The van der Waals surface area contributed by atoms with Crippen LogP contribution in [-0.2, 0) is 4.79 Å². The zero-order chi connectivity index (χ0) is 25.2. The number of allylic oxidation sites excluding steroid dienone is 2. The molecule has 4 aliphatic rings. The molecule has 4 unspecified atom stereocenters. The molecule has 3 heterocycles. The largest absolute Gasteiger partial charge is 0.347 e. The van der Waals surface area contributed by atoms with Crippen molar-refractivity contribution in [1.82, 2.24) is 15.2 Å². The van der Waals surface area contributed by atoms with Crippen LogP contribution in [0.25, 0.3) is 0 Å². The molecule has 2 saturated carbocycles. The lowest BCUT2D eigenvalue weighted by Gasteiger charge is -2.53. The number of nitrogens with zero attached hydrogens (tertiary/aromatic N) is 4. The van der Waals surface area contributed by atoms with E-state index in [4.69, 9.17) is 0 Å². The average molecular weight is 510 g/mol. The summed E-state index contributed by atoms with van der Waals surface area (Å²) in [6.45, 7) is 9.89. The Hall–Kier alpha value is -1.86. The highest BCUT2D eigenvalue weighted by atomic mass is 32.1. The average Bonchev–Trinajstić information content (AvgIpc) is 3.63. The van der Waals surface area contributed by atoms with Crippen molar-refractivity contribution in [1.29, 1.82) is 0 Å². The van der Waals surface area contributed by atoms with Crippen molar-refractivity contribution in [2.45, 2.75) is 104 Å². The molecule has 36 heavy (non-hydrogen) atoms. The predicted octanol–water partition coefficient (Wildman–Crippen LogP) is 6.17. The van der Waals surface area contributed by atoms with Crippen LogP contribution in [-0.4, -0.2) is 45.8 Å². The summed E-state index contributed by atoms with van der Waals surface area (Å²) in [6, 6.07) is 1.35. The third-order valence-electron chi connectivity index (χ3n) is 9.17. The Kier molecular flexibility index (Phi) is 8.06. The van der Waals surface area contributed by atoms with Gasteiger partial charge >= 0.3 is 0 Å². The molecular formula is C29H43N5OS. The lowest BCUT2D eigenvalue weighted by Crippen LogP contribution is -2.61. The Morgan fingerprint density at radius 2 is 2.06 bits per heavy atom. The van der Waals surface area contributed by atoms with Crippen molar-refractivity contribution in [3.63, 3.8) is 0 Å². The molecule has 0 radical (unpaired) electrons. The highest BCUT2D eigenvalue weighted by Gasteiger charge is 2.51. The predicted molar refractivity (Wildman–Crippen MR) is 148 cm³/mol. The van der Waals surface area contributed by atoms with E-state index in [1.165, 1.54) is 43.4 Å². The number of rotatable bonds is 9. The summed E-state index contributed by atoms with van der Waals surface area (Å²) in [6.07, 6.45) is 12.6. The van der Waals surface area contributed by atoms with Gasteiger partial charge in [-0.05, 0) is 68.8 Å². The van der Waals surface area contributed by atoms with Crippen LogP contribution in [0.15, 0.2) is 32.7 Å². The van der Waals surface area contributed by atoms with Crippen LogP contribution in [0.4, 0.5) is 0 Å². The summed E-state index contributed by atoms with van der Waals surface area (Å²) < 4.78 is 0. The molecular weight excluding hydrogens is 466 g/mol. The first-order chi connectivity index (χ1) is 17.4. The molecule has 5 atom stereocenters. The van der Waals surface area contributed by atoms with E-state index in [0.29, 0.717) is 23.9 Å². The minimum atomic E-state index is 0.0232. The van der Waals surface area contributed by atoms with Crippen molar-refractivity contribution < 1.29 is 4.79 Å². The van der Waals surface area contributed by atoms with Gasteiger partial charge in [-0.2, -0.15) is 10.2 Å². The van der Waals surface area contributed by atoms with Gasteiger partial charge in [-0.1, -0.05) is 39.7 Å². The van der Waals surface area contributed by atoms with Crippen molar-refractivity contribution in [3.05, 3.63) is 28.2 Å². The van der Waals surface area contributed by atoms with Crippen LogP contribution >= 0.6 is 11.3 Å². The number of likely N-dealkylation sites (tertiary alicyclic amines) is 1. The van der Waals surface area contributed by atoms with Gasteiger partial charge in [0.2, 0.25) is 5.91 Å². The number of nitrogens with one attached hydrogen (secondary N) is 1. The molecule has 2 aliphatic heterocycles. The van der Waals surface area contributed by atoms with Crippen LogP contribution in [0, 0.1) is 23.7 Å². The molecule has 1 amide bonds. The molecule has 1 aromatic rings. The number of carbonyl (C=O) groups is 1. The molecule has 196 valence electrons. The third kappa shape index (κ3) is 5.38. The normalized spacial score (nSPS) is 30.8. The lowest BCUT2D eigenvalue weighted by atomic mass is 9.80. The highest BCUT2D eigenvalue weighted by molar-refractivity contribution is 7.07. The molecule has 7 heteroatoms. The van der Waals surface area contributed by atoms with Crippen LogP contribution in [0.1, 0.15) is 97.2 Å². The van der Waals surface area contributed by atoms with Crippen LogP contribution in [0.2, 0.25) is 0 Å². The summed E-state index contributed by atoms with van der Waals surface area (Å²) in [5.74, 6) is 2.30. The number of thiazole rings is 1. The monoisotopic (exact) mass is 509 g/mol. The molecule has 0 bridgehead atoms. The molecule has 2 aliphatic carbocycles. The molecule has 3 fully saturated rings. The maximum Gasteiger partial charge on any atom is 0.223 e. The molecule has 1 saturated heterocycles. The Bertz CT molecular complexity index is 1010. The van der Waals surface area contributed by atoms with Crippen LogP contribution in [0.5, 0.6) is 0 Å². The van der Waals surface area contributed by atoms with Gasteiger partial charge in [0.05, 0.1) is 23.0 Å². The smallest absolute Gasteiger partial charge is 0.223 e. The fourth-order valence-electron chi connectivity index (χ4n) is 7.07. The second kappa shape index (κ2) is 11.3. The number of hydrogen-bond donors (Lipinski definition) is 1. The van der Waals surface area contributed by atoms with E-state index in [9.17, 15) is 4.79 Å². The first kappa shape index (κ1) is 25.8. The van der Waals surface area contributed by atoms with Gasteiger partial charge in [-0.15, -0.1) is 11.3 Å². The number of amides is 1. The first-order valence-electron chi connectivity index (χ1n) is 14.2. The van der Waals surface area contributed by atoms with E-state index in [1.807, 2.05) is 5.51 Å². The van der Waals surface area contributed by atoms with Crippen LogP contribution < -0.4 is 5.32 Å². The van der Waals surface area contributed by atoms with Gasteiger partial charge in [-0.25, -0.2) is 4.98 Å². The standard InChI is InChI=1S/C29H43N5OS/c1-5-27-23-13-20(12-22-15-25(18(2)3)33-32-19(22)4)14-28(23)34(27)11-10-24(26-16-36-17-30-26)31-29(35)21-8-6-7-9-21/h12,16-18,20-21,23-24,27-28H,5-11,13-15H2,1-4H3,(H,31,35)/b22-12-/t20?,23?,24-,27?,28?/m0/s1. The van der Waals surface area contributed by atoms with Crippen molar-refractivity contribution in [2.24, 2.45) is 33.9 Å². The minimum Gasteiger partial charge on any atom is -0.347 e. The summed E-state index contributed by atoms with van der Waals surface area (Å²) >= 11 is 1.62. The topological polar surface area (TPSA) is 70.0 Å². The van der Waals surface area contributed by atoms with E-state index in [2.05, 4.69) is 64.6 Å². The van der Waals surface area contributed by atoms with Gasteiger partial charge in [0.25, 0.3) is 0 Å². The molecule has 0 aromatic carbocycles. The highest BCUT2D eigenvalue weighted by Crippen LogP contribution is 2.49. The van der Waals surface area contributed by atoms with Gasteiger partial charge < -0.3 is 5.32 Å². The number of fused-ring (bicyclic) bond motifs is 1. The first-order valence-corrected chi connectivity index (χ1v) is 15.1. The fraction of sp³-hybridized carbons (Fsp3) is 0.724. The van der Waals surface area contributed by atoms with Gasteiger partial charge in [0.15, 0.2) is 0 Å². The SMILES string of the molecule is CCC1C2CC(/C=C3/CC(C(C)C)=NN=C3C)CC2N1CC[C@H](NC(=O)C1CCCC1)c1cscn1. The van der Waals surface area contributed by atoms with E-state index < -0.39 is 0 Å². The molecule has 6 nitrogen and oxygen atoms in total. The van der Waals surface area contributed by atoms with Crippen molar-refractivity contribution in [2.75, 3.05) is 6.54 Å². The quantitative estimate of drug-likeness (QED) is 0.433. The second-order valence-electron chi connectivity index (χ2n) is 11.7. The number of carbonyl (C=O) groups excluding carboxylic acids is 1. The van der Waals surface area contributed by atoms with E-state index in [-0.39, 0.29) is 17.9 Å². The minimum absolute atomic E-state index is 0.0232. The lowest BCUT2D eigenvalue weighted by molar-refractivity contribution is -0.125. The molecule has 1 N–H and O–H groups in total. The van der Waals surface area contributed by atoms with Gasteiger partial charge in [0.1, 0.15) is 0 Å². The number of hydrogen-bond acceptors (Lipinski definition) is 6. The Morgan fingerprint density at radius 3 is 2.75 bits per heavy atom. The van der Waals surface area contributed by atoms with Crippen molar-refractivity contribution in [3.8, 4) is 0 Å². The van der Waals surface area contributed by atoms with E-state index in [1.54, 1.807) is 11.3 Å². The third-order valence-corrected chi connectivity index (χ3v) is 9.78. The summed E-state index contributed by atoms with van der Waals surface area (Å²) in [4.78, 5) is 20.3. The van der Waals surface area contributed by atoms with E-state index in [0.717, 1.165) is 49.6 Å². The van der Waals surface area contributed by atoms with Gasteiger partial charge in [0, 0.05) is 42.1 Å². The van der Waals surface area contributed by atoms with Crippen LogP contribution in [0.3, 0.4) is 0 Å². The molecule has 1 aromatic heterocycles. The fourth-order valence-corrected chi connectivity index (χ4v) is 7.68.